The molecule has 2 rings (SSSR count). The molecule has 0 atom stereocenters. The highest BCUT2D eigenvalue weighted by Gasteiger charge is 2.09. The number of nitrogens with two attached hydrogens (primary N) is 1. The lowest BCUT2D eigenvalue weighted by molar-refractivity contribution is 0.0953. The van der Waals surface area contributed by atoms with Crippen molar-refractivity contribution in [1.82, 2.24) is 25.3 Å². The molecule has 2 heterocycles. The summed E-state index contributed by atoms with van der Waals surface area (Å²) in [6, 6.07) is 1.68. The molecule has 0 aromatic carbocycles. The highest BCUT2D eigenvalue weighted by molar-refractivity contribution is 5.98. The normalized spacial score (nSPS) is 10.4. The van der Waals surface area contributed by atoms with Crippen LogP contribution in [-0.4, -0.2) is 32.4 Å². The molecule has 0 aliphatic carbocycles. The van der Waals surface area contributed by atoms with E-state index in [-0.39, 0.29) is 5.91 Å². The molecule has 7 heteroatoms. The molecule has 2 aromatic rings. The van der Waals surface area contributed by atoms with E-state index in [0.29, 0.717) is 24.3 Å². The van der Waals surface area contributed by atoms with Gasteiger partial charge in [0.25, 0.3) is 5.91 Å². The van der Waals surface area contributed by atoms with Crippen LogP contribution in [0, 0.1) is 6.92 Å². The highest BCUT2D eigenvalue weighted by atomic mass is 16.1. The molecule has 2 aromatic heterocycles. The lowest BCUT2D eigenvalue weighted by Crippen LogP contribution is -2.26. The van der Waals surface area contributed by atoms with Crippen molar-refractivity contribution in [2.45, 2.75) is 19.9 Å². The van der Waals surface area contributed by atoms with Crippen LogP contribution < -0.4 is 11.1 Å². The monoisotopic (exact) mass is 260 g/mol. The van der Waals surface area contributed by atoms with Crippen molar-refractivity contribution in [3.05, 3.63) is 35.9 Å². The second-order valence-corrected chi connectivity index (χ2v) is 4.19. The fourth-order valence-corrected chi connectivity index (χ4v) is 1.66. The minimum Gasteiger partial charge on any atom is -0.398 e. The molecule has 0 unspecified atom stereocenters. The van der Waals surface area contributed by atoms with Gasteiger partial charge in [-0.2, -0.15) is 0 Å². The first kappa shape index (κ1) is 13.0. The fourth-order valence-electron chi connectivity index (χ4n) is 1.66. The third-order valence-corrected chi connectivity index (χ3v) is 2.64. The molecular formula is C12H16N6O. The van der Waals surface area contributed by atoms with Crippen molar-refractivity contribution in [2.75, 3.05) is 12.3 Å². The van der Waals surface area contributed by atoms with Crippen molar-refractivity contribution >= 4 is 11.6 Å². The zero-order chi connectivity index (χ0) is 13.7. The standard InChI is InChI=1S/C12H16N6O/c1-9-7-11(13)10(8-15-9)12(19)14-3-2-5-18-6-4-16-17-18/h4,6-8H,2-3,5H2,1H3,(H2,13,15)(H,14,19). The second kappa shape index (κ2) is 5.94. The lowest BCUT2D eigenvalue weighted by Gasteiger charge is -2.07. The quantitative estimate of drug-likeness (QED) is 0.757. The zero-order valence-corrected chi connectivity index (χ0v) is 10.7. The predicted molar refractivity (Wildman–Crippen MR) is 70.4 cm³/mol. The Bertz CT molecular complexity index is 551. The van der Waals surface area contributed by atoms with Crippen molar-refractivity contribution < 1.29 is 4.79 Å². The SMILES string of the molecule is Cc1cc(N)c(C(=O)NCCCn2ccnn2)cn1. The number of pyridine rings is 1. The van der Waals surface area contributed by atoms with E-state index in [1.807, 2.05) is 6.92 Å². The number of nitrogens with zero attached hydrogens (tertiary/aromatic N) is 4. The van der Waals surface area contributed by atoms with E-state index >= 15 is 0 Å². The van der Waals surface area contributed by atoms with Gasteiger partial charge in [0.05, 0.1) is 11.8 Å². The van der Waals surface area contributed by atoms with Crippen LogP contribution in [0.1, 0.15) is 22.5 Å². The van der Waals surface area contributed by atoms with Gasteiger partial charge < -0.3 is 11.1 Å². The first-order valence-electron chi connectivity index (χ1n) is 6.01. The minimum atomic E-state index is -0.205. The summed E-state index contributed by atoms with van der Waals surface area (Å²) in [7, 11) is 0. The molecule has 0 radical (unpaired) electrons. The van der Waals surface area contributed by atoms with Gasteiger partial charge in [0.2, 0.25) is 0 Å². The summed E-state index contributed by atoms with van der Waals surface area (Å²) in [5.74, 6) is -0.205. The number of aromatic nitrogens is 4. The van der Waals surface area contributed by atoms with Crippen LogP contribution in [-0.2, 0) is 6.54 Å². The summed E-state index contributed by atoms with van der Waals surface area (Å²) >= 11 is 0. The molecular weight excluding hydrogens is 244 g/mol. The van der Waals surface area contributed by atoms with Crippen molar-refractivity contribution in [2.24, 2.45) is 0 Å². The Morgan fingerprint density at radius 3 is 3.05 bits per heavy atom. The summed E-state index contributed by atoms with van der Waals surface area (Å²) in [6.45, 7) is 3.09. The Kier molecular flexibility index (Phi) is 4.07. The number of carbonyl (C=O) groups excluding carboxylic acids is 1. The number of hydrogen-bond donors (Lipinski definition) is 2. The van der Waals surface area contributed by atoms with E-state index in [1.54, 1.807) is 23.1 Å². The maximum Gasteiger partial charge on any atom is 0.254 e. The van der Waals surface area contributed by atoms with Crippen LogP contribution in [0.3, 0.4) is 0 Å². The summed E-state index contributed by atoms with van der Waals surface area (Å²) in [5, 5.41) is 10.3. The third-order valence-electron chi connectivity index (χ3n) is 2.64. The number of nitrogen functional groups attached to an aromatic ring is 1. The highest BCUT2D eigenvalue weighted by Crippen LogP contribution is 2.10. The molecule has 0 saturated heterocycles. The van der Waals surface area contributed by atoms with Crippen molar-refractivity contribution in [3.8, 4) is 0 Å². The molecule has 3 N–H and O–H groups in total. The molecule has 0 aliphatic heterocycles. The molecule has 0 bridgehead atoms. The van der Waals surface area contributed by atoms with Gasteiger partial charge in [-0.3, -0.25) is 14.5 Å². The van der Waals surface area contributed by atoms with Gasteiger partial charge in [0.1, 0.15) is 0 Å². The lowest BCUT2D eigenvalue weighted by atomic mass is 10.2. The number of hydrogen-bond acceptors (Lipinski definition) is 5. The molecule has 0 saturated carbocycles. The first-order chi connectivity index (χ1) is 9.16. The molecule has 0 fully saturated rings. The number of rotatable bonds is 5. The van der Waals surface area contributed by atoms with Gasteiger partial charge in [0, 0.05) is 36.9 Å². The van der Waals surface area contributed by atoms with Crippen LogP contribution in [0.25, 0.3) is 0 Å². The summed E-state index contributed by atoms with van der Waals surface area (Å²) in [4.78, 5) is 15.9. The topological polar surface area (TPSA) is 98.7 Å². The molecule has 1 amide bonds. The summed E-state index contributed by atoms with van der Waals surface area (Å²) in [5.41, 5.74) is 7.43. The maximum absolute atomic E-state index is 11.9. The number of carbonyl (C=O) groups is 1. The van der Waals surface area contributed by atoms with Crippen LogP contribution in [0.4, 0.5) is 5.69 Å². The second-order valence-electron chi connectivity index (χ2n) is 4.19. The van der Waals surface area contributed by atoms with Crippen molar-refractivity contribution in [3.63, 3.8) is 0 Å². The fraction of sp³-hybridized carbons (Fsp3) is 0.333. The van der Waals surface area contributed by atoms with Crippen molar-refractivity contribution in [1.29, 1.82) is 0 Å². The largest absolute Gasteiger partial charge is 0.398 e. The van der Waals surface area contributed by atoms with Gasteiger partial charge >= 0.3 is 0 Å². The molecule has 7 nitrogen and oxygen atoms in total. The van der Waals surface area contributed by atoms with Crippen LogP contribution in [0.5, 0.6) is 0 Å². The first-order valence-corrected chi connectivity index (χ1v) is 6.01. The maximum atomic E-state index is 11.9. The Morgan fingerprint density at radius 1 is 1.53 bits per heavy atom. The van der Waals surface area contributed by atoms with Gasteiger partial charge in [-0.15, -0.1) is 5.10 Å². The Morgan fingerprint density at radius 2 is 2.37 bits per heavy atom. The molecule has 0 spiro atoms. The number of anilines is 1. The molecule has 100 valence electrons. The Hall–Kier alpha value is -2.44. The van der Waals surface area contributed by atoms with E-state index < -0.39 is 0 Å². The Balaban J connectivity index is 1.81. The van der Waals surface area contributed by atoms with Gasteiger partial charge in [-0.25, -0.2) is 0 Å². The van der Waals surface area contributed by atoms with Gasteiger partial charge in [-0.1, -0.05) is 5.21 Å². The van der Waals surface area contributed by atoms with Gasteiger partial charge in [-0.05, 0) is 19.4 Å². The molecule has 0 aliphatic rings. The molecule has 19 heavy (non-hydrogen) atoms. The van der Waals surface area contributed by atoms with E-state index in [0.717, 1.165) is 12.1 Å². The van der Waals surface area contributed by atoms with Gasteiger partial charge in [0.15, 0.2) is 0 Å². The average Bonchev–Trinajstić information content (AvgIpc) is 2.87. The number of aryl methyl sites for hydroxylation is 2. The van der Waals surface area contributed by atoms with E-state index in [2.05, 4.69) is 20.6 Å². The third kappa shape index (κ3) is 3.51. The van der Waals surface area contributed by atoms with E-state index in [4.69, 9.17) is 5.73 Å². The Labute approximate surface area is 110 Å². The summed E-state index contributed by atoms with van der Waals surface area (Å²) < 4.78 is 1.72. The van der Waals surface area contributed by atoms with Crippen LogP contribution in [0.2, 0.25) is 0 Å². The predicted octanol–water partition coefficient (Wildman–Crippen LogP) is 0.384. The number of nitrogens with one attached hydrogen (secondary N) is 1. The average molecular weight is 260 g/mol. The zero-order valence-electron chi connectivity index (χ0n) is 10.7. The summed E-state index contributed by atoms with van der Waals surface area (Å²) in [6.07, 6.45) is 5.67. The minimum absolute atomic E-state index is 0.205. The van der Waals surface area contributed by atoms with E-state index in [1.165, 1.54) is 6.20 Å². The van der Waals surface area contributed by atoms with E-state index in [9.17, 15) is 4.79 Å². The van der Waals surface area contributed by atoms with Crippen LogP contribution in [0.15, 0.2) is 24.7 Å². The van der Waals surface area contributed by atoms with Crippen LogP contribution >= 0.6 is 0 Å². The number of amides is 1. The smallest absolute Gasteiger partial charge is 0.254 e.